The minimum Gasteiger partial charge on any atom is -0.485 e. The Bertz CT molecular complexity index is 788. The normalized spacial score (nSPS) is 19.8. The van der Waals surface area contributed by atoms with E-state index >= 15 is 0 Å². The van der Waals surface area contributed by atoms with Crippen molar-refractivity contribution in [3.8, 4) is 5.75 Å². The molecule has 1 aliphatic heterocycles. The predicted molar refractivity (Wildman–Crippen MR) is 118 cm³/mol. The number of rotatable bonds is 10. The van der Waals surface area contributed by atoms with Gasteiger partial charge in [0.2, 0.25) is 0 Å². The van der Waals surface area contributed by atoms with Gasteiger partial charge < -0.3 is 19.5 Å². The first-order valence-corrected chi connectivity index (χ1v) is 10.5. The summed E-state index contributed by atoms with van der Waals surface area (Å²) in [5.74, 6) is 0.861. The van der Waals surface area contributed by atoms with Gasteiger partial charge in [0.05, 0.1) is 6.61 Å². The highest BCUT2D eigenvalue weighted by Gasteiger charge is 2.45. The van der Waals surface area contributed by atoms with Crippen LogP contribution in [0.25, 0.3) is 0 Å². The van der Waals surface area contributed by atoms with E-state index in [1.165, 1.54) is 5.56 Å². The van der Waals surface area contributed by atoms with Gasteiger partial charge in [-0.2, -0.15) is 0 Å². The molecule has 1 N–H and O–H groups in total. The molecule has 1 heterocycles. The van der Waals surface area contributed by atoms with Crippen molar-refractivity contribution >= 4 is 5.69 Å². The third kappa shape index (κ3) is 5.40. The van der Waals surface area contributed by atoms with Gasteiger partial charge in [-0.1, -0.05) is 49.8 Å². The molecule has 2 aromatic rings. The van der Waals surface area contributed by atoms with Gasteiger partial charge in [-0.15, -0.1) is 6.58 Å². The molecule has 0 fully saturated rings. The average Bonchev–Trinajstić information content (AvgIpc) is 2.72. The van der Waals surface area contributed by atoms with Crippen molar-refractivity contribution in [1.82, 2.24) is 0 Å². The Labute approximate surface area is 174 Å². The maximum atomic E-state index is 6.35. The summed E-state index contributed by atoms with van der Waals surface area (Å²) in [6.45, 7) is 12.0. The molecule has 0 aromatic heterocycles. The molecule has 156 valence electrons. The fourth-order valence-corrected chi connectivity index (χ4v) is 3.63. The minimum atomic E-state index is -0.494. The van der Waals surface area contributed by atoms with E-state index in [1.807, 2.05) is 12.1 Å². The van der Waals surface area contributed by atoms with Crippen LogP contribution in [0.2, 0.25) is 0 Å². The fourth-order valence-electron chi connectivity index (χ4n) is 3.63. The number of anilines is 1. The molecule has 1 aliphatic rings. The Morgan fingerprint density at radius 2 is 1.93 bits per heavy atom. The van der Waals surface area contributed by atoms with Gasteiger partial charge in [0.15, 0.2) is 0 Å². The molecule has 0 spiro atoms. The Morgan fingerprint density at radius 1 is 1.14 bits per heavy atom. The second kappa shape index (κ2) is 9.95. The predicted octanol–water partition coefficient (Wildman–Crippen LogP) is 5.90. The van der Waals surface area contributed by atoms with Crippen LogP contribution in [0.1, 0.15) is 50.8 Å². The van der Waals surface area contributed by atoms with Gasteiger partial charge in [0, 0.05) is 24.4 Å². The molecule has 0 saturated carbocycles. The highest BCUT2D eigenvalue weighted by molar-refractivity contribution is 5.53. The molecule has 0 saturated heterocycles. The Kier molecular flexibility index (Phi) is 7.34. The van der Waals surface area contributed by atoms with Crippen molar-refractivity contribution in [2.75, 3.05) is 18.5 Å². The Morgan fingerprint density at radius 3 is 2.66 bits per heavy atom. The molecule has 3 rings (SSSR count). The van der Waals surface area contributed by atoms with Crippen molar-refractivity contribution in [2.45, 2.75) is 58.0 Å². The lowest BCUT2D eigenvalue weighted by Crippen LogP contribution is -2.51. The number of unbranched alkanes of at least 4 members (excludes halogenated alkanes) is 1. The third-order valence-corrected chi connectivity index (χ3v) is 5.18. The first kappa shape index (κ1) is 21.4. The molecule has 4 nitrogen and oxygen atoms in total. The van der Waals surface area contributed by atoms with Gasteiger partial charge in [0.25, 0.3) is 0 Å². The third-order valence-electron chi connectivity index (χ3n) is 5.18. The van der Waals surface area contributed by atoms with Crippen molar-refractivity contribution in [2.24, 2.45) is 0 Å². The Balaban J connectivity index is 1.85. The van der Waals surface area contributed by atoms with E-state index in [1.54, 1.807) is 6.08 Å². The SMILES string of the molecule is C=CCOC1C(OCCCC)c2cc(NCc3ccccc3)ccc2OC1(C)C. The monoisotopic (exact) mass is 395 g/mol. The molecule has 29 heavy (non-hydrogen) atoms. The second-order valence-electron chi connectivity index (χ2n) is 7.98. The van der Waals surface area contributed by atoms with E-state index < -0.39 is 5.60 Å². The van der Waals surface area contributed by atoms with Crippen molar-refractivity contribution in [1.29, 1.82) is 0 Å². The summed E-state index contributed by atoms with van der Waals surface area (Å²) in [6.07, 6.45) is 3.49. The highest BCUT2D eigenvalue weighted by atomic mass is 16.6. The van der Waals surface area contributed by atoms with E-state index in [-0.39, 0.29) is 12.2 Å². The van der Waals surface area contributed by atoms with Gasteiger partial charge in [0.1, 0.15) is 23.6 Å². The molecule has 0 radical (unpaired) electrons. The zero-order chi connectivity index (χ0) is 20.7. The lowest BCUT2D eigenvalue weighted by Gasteiger charge is -2.44. The van der Waals surface area contributed by atoms with Crippen LogP contribution in [0.5, 0.6) is 5.75 Å². The zero-order valence-corrected chi connectivity index (χ0v) is 17.8. The van der Waals surface area contributed by atoms with Gasteiger partial charge in [-0.25, -0.2) is 0 Å². The molecular formula is C25H33NO3. The fraction of sp³-hybridized carbons (Fsp3) is 0.440. The lowest BCUT2D eigenvalue weighted by molar-refractivity contribution is -0.157. The molecule has 2 atom stereocenters. The molecular weight excluding hydrogens is 362 g/mol. The van der Waals surface area contributed by atoms with Crippen molar-refractivity contribution in [3.63, 3.8) is 0 Å². The largest absolute Gasteiger partial charge is 0.485 e. The van der Waals surface area contributed by atoms with Crippen molar-refractivity contribution < 1.29 is 14.2 Å². The number of fused-ring (bicyclic) bond motifs is 1. The number of ether oxygens (including phenoxy) is 3. The molecule has 2 aromatic carbocycles. The molecule has 0 amide bonds. The van der Waals surface area contributed by atoms with Crippen LogP contribution in [-0.2, 0) is 16.0 Å². The van der Waals surface area contributed by atoms with Crippen LogP contribution in [0.3, 0.4) is 0 Å². The van der Waals surface area contributed by atoms with Gasteiger partial charge >= 0.3 is 0 Å². The summed E-state index contributed by atoms with van der Waals surface area (Å²) in [6, 6.07) is 16.6. The number of hydrogen-bond acceptors (Lipinski definition) is 4. The van der Waals surface area contributed by atoms with Gasteiger partial charge in [-0.05, 0) is 44.0 Å². The topological polar surface area (TPSA) is 39.7 Å². The van der Waals surface area contributed by atoms with Gasteiger partial charge in [-0.3, -0.25) is 0 Å². The van der Waals surface area contributed by atoms with E-state index in [0.717, 1.165) is 36.4 Å². The smallest absolute Gasteiger partial charge is 0.132 e. The summed E-state index contributed by atoms with van der Waals surface area (Å²) < 4.78 is 18.8. The number of nitrogens with one attached hydrogen (secondary N) is 1. The maximum absolute atomic E-state index is 6.35. The van der Waals surface area contributed by atoms with Crippen LogP contribution < -0.4 is 10.1 Å². The highest BCUT2D eigenvalue weighted by Crippen LogP contribution is 2.44. The Hall–Kier alpha value is -2.30. The summed E-state index contributed by atoms with van der Waals surface area (Å²) in [5, 5.41) is 3.51. The number of benzene rings is 2. The van der Waals surface area contributed by atoms with E-state index in [0.29, 0.717) is 13.2 Å². The summed E-state index contributed by atoms with van der Waals surface area (Å²) >= 11 is 0. The first-order valence-electron chi connectivity index (χ1n) is 10.5. The molecule has 0 aliphatic carbocycles. The van der Waals surface area contributed by atoms with E-state index in [9.17, 15) is 0 Å². The van der Waals surface area contributed by atoms with Crippen molar-refractivity contribution in [3.05, 3.63) is 72.3 Å². The first-order chi connectivity index (χ1) is 14.0. The van der Waals surface area contributed by atoms with E-state index in [4.69, 9.17) is 14.2 Å². The second-order valence-corrected chi connectivity index (χ2v) is 7.98. The van der Waals surface area contributed by atoms with Crippen LogP contribution in [0.4, 0.5) is 5.69 Å². The quantitative estimate of drug-likeness (QED) is 0.402. The van der Waals surface area contributed by atoms with Crippen LogP contribution in [0.15, 0.2) is 61.2 Å². The maximum Gasteiger partial charge on any atom is 0.132 e. The van der Waals surface area contributed by atoms with Crippen LogP contribution >= 0.6 is 0 Å². The minimum absolute atomic E-state index is 0.182. The van der Waals surface area contributed by atoms with Crippen LogP contribution in [-0.4, -0.2) is 24.9 Å². The van der Waals surface area contributed by atoms with Crippen LogP contribution in [0, 0.1) is 0 Å². The number of hydrogen-bond donors (Lipinski definition) is 1. The molecule has 4 heteroatoms. The standard InChI is InChI=1S/C25H33NO3/c1-5-7-16-27-23-21-17-20(26-18-19-11-9-8-10-12-19)13-14-22(21)29-25(3,4)24(23)28-15-6-2/h6,8-14,17,23-24,26H,2,5,7,15-16,18H2,1,3-4H3. The summed E-state index contributed by atoms with van der Waals surface area (Å²) in [5.41, 5.74) is 2.83. The van der Waals surface area contributed by atoms with E-state index in [2.05, 4.69) is 69.1 Å². The molecule has 0 bridgehead atoms. The average molecular weight is 396 g/mol. The zero-order valence-electron chi connectivity index (χ0n) is 17.8. The molecule has 2 unspecified atom stereocenters. The summed E-state index contributed by atoms with van der Waals surface area (Å²) in [4.78, 5) is 0. The summed E-state index contributed by atoms with van der Waals surface area (Å²) in [7, 11) is 0. The lowest BCUT2D eigenvalue weighted by atomic mass is 9.87.